The van der Waals surface area contributed by atoms with Crippen molar-refractivity contribution in [1.29, 1.82) is 0 Å². The van der Waals surface area contributed by atoms with E-state index in [0.29, 0.717) is 25.7 Å². The standard InChI is InChI=1S/C57H110O6.C18H36O3/c1-4-7-10-13-16-19-22-25-28-31-34-37-40-43-46-49-55(58)61-52-54(63-57(60)51-48-45-42-39-36-33-30-27-24-21-18-15-12-9-6-3)53-62-56(59)50-47-44-41-38-35-32-29-26-23-20-17-14-11-8-5-2;1-2-3-4-11-14-17(19)15-12-9-7-5-6-8-10-13-16-18(20)21/h54H,4-53H2,1-3H3;17,19H,2-16H2,1H3,(H,20,21). The maximum absolute atomic E-state index is 12.8. The average molecular weight is 1190 g/mol. The molecule has 0 aliphatic rings. The summed E-state index contributed by atoms with van der Waals surface area (Å²) < 4.78 is 16.9. The van der Waals surface area contributed by atoms with Gasteiger partial charge >= 0.3 is 23.9 Å². The Balaban J connectivity index is 0. The number of rotatable bonds is 69. The number of aliphatic hydroxyl groups excluding tert-OH is 1. The second kappa shape index (κ2) is 73.3. The van der Waals surface area contributed by atoms with Crippen molar-refractivity contribution in [3.05, 3.63) is 0 Å². The normalized spacial score (nSPS) is 11.7. The van der Waals surface area contributed by atoms with Crippen molar-refractivity contribution < 1.29 is 43.6 Å². The van der Waals surface area contributed by atoms with Gasteiger partial charge in [-0.2, -0.15) is 0 Å². The molecule has 0 aromatic heterocycles. The minimum Gasteiger partial charge on any atom is -0.481 e. The third-order valence-corrected chi connectivity index (χ3v) is 17.2. The Morgan fingerprint density at radius 2 is 0.452 bits per heavy atom. The van der Waals surface area contributed by atoms with Gasteiger partial charge in [0, 0.05) is 25.7 Å². The molecule has 2 N–H and O–H groups in total. The monoisotopic (exact) mass is 1190 g/mol. The van der Waals surface area contributed by atoms with Crippen molar-refractivity contribution in [2.24, 2.45) is 0 Å². The first kappa shape index (κ1) is 83.9. The molecule has 0 heterocycles. The minimum absolute atomic E-state index is 0.0611. The van der Waals surface area contributed by atoms with Crippen LogP contribution in [0.3, 0.4) is 0 Å². The fourth-order valence-electron chi connectivity index (χ4n) is 11.5. The van der Waals surface area contributed by atoms with E-state index < -0.39 is 12.1 Å². The van der Waals surface area contributed by atoms with E-state index in [1.54, 1.807) is 0 Å². The van der Waals surface area contributed by atoms with Crippen LogP contribution in [0.25, 0.3) is 0 Å². The van der Waals surface area contributed by atoms with E-state index in [2.05, 4.69) is 27.7 Å². The highest BCUT2D eigenvalue weighted by Crippen LogP contribution is 2.19. The van der Waals surface area contributed by atoms with Crippen LogP contribution in [0.2, 0.25) is 0 Å². The van der Waals surface area contributed by atoms with Gasteiger partial charge in [-0.1, -0.05) is 368 Å². The van der Waals surface area contributed by atoms with Crippen molar-refractivity contribution in [3.63, 3.8) is 0 Å². The van der Waals surface area contributed by atoms with Crippen LogP contribution in [0.15, 0.2) is 0 Å². The number of carboxylic acid groups (broad SMARTS) is 1. The first-order valence-corrected chi connectivity index (χ1v) is 37.6. The molecule has 0 amide bonds. The van der Waals surface area contributed by atoms with E-state index in [1.165, 1.54) is 283 Å². The summed E-state index contributed by atoms with van der Waals surface area (Å²) in [5.74, 6) is -1.51. The molecule has 84 heavy (non-hydrogen) atoms. The summed E-state index contributed by atoms with van der Waals surface area (Å²) in [6, 6.07) is 0. The van der Waals surface area contributed by atoms with Crippen LogP contribution in [0, 0.1) is 0 Å². The molecule has 0 rings (SSSR count). The molecule has 500 valence electrons. The lowest BCUT2D eigenvalue weighted by Crippen LogP contribution is -2.30. The Kier molecular flexibility index (Phi) is 73.2. The molecule has 0 radical (unpaired) electrons. The topological polar surface area (TPSA) is 136 Å². The number of aliphatic hydroxyl groups is 1. The third kappa shape index (κ3) is 74.1. The molecule has 1 atom stereocenters. The molecular formula is C75H146O9. The van der Waals surface area contributed by atoms with Gasteiger partial charge in [-0.3, -0.25) is 19.2 Å². The van der Waals surface area contributed by atoms with Gasteiger partial charge in [-0.25, -0.2) is 0 Å². The zero-order valence-corrected chi connectivity index (χ0v) is 56.9. The van der Waals surface area contributed by atoms with Gasteiger partial charge in [0.1, 0.15) is 13.2 Å². The number of ether oxygens (including phenoxy) is 3. The third-order valence-electron chi connectivity index (χ3n) is 17.2. The van der Waals surface area contributed by atoms with Gasteiger partial charge in [0.05, 0.1) is 6.10 Å². The molecule has 0 aromatic carbocycles. The van der Waals surface area contributed by atoms with Crippen LogP contribution >= 0.6 is 0 Å². The number of carboxylic acids is 1. The SMILES string of the molecule is CCCCCCC(O)CCCCCCCCCCC(=O)O.CCCCCCCCCCCCCCCCCC(=O)OCC(COC(=O)CCCCCCCCCCCCCCCCC)OC(=O)CCCCCCCCCCCCCCCCC. The molecule has 0 saturated carbocycles. The Bertz CT molecular complexity index is 1270. The first-order valence-electron chi connectivity index (χ1n) is 37.6. The van der Waals surface area contributed by atoms with Crippen molar-refractivity contribution in [1.82, 2.24) is 0 Å². The predicted molar refractivity (Wildman–Crippen MR) is 359 cm³/mol. The van der Waals surface area contributed by atoms with Gasteiger partial charge < -0.3 is 24.4 Å². The van der Waals surface area contributed by atoms with Gasteiger partial charge in [0.15, 0.2) is 6.10 Å². The van der Waals surface area contributed by atoms with E-state index >= 15 is 0 Å². The maximum Gasteiger partial charge on any atom is 0.306 e. The summed E-state index contributed by atoms with van der Waals surface area (Å²) in [5.41, 5.74) is 0. The molecule has 1 unspecified atom stereocenters. The molecule has 9 nitrogen and oxygen atoms in total. The Morgan fingerprint density at radius 1 is 0.262 bits per heavy atom. The quantitative estimate of drug-likeness (QED) is 0.0346. The molecule has 0 saturated heterocycles. The largest absolute Gasteiger partial charge is 0.481 e. The number of carbonyl (C=O) groups is 4. The second-order valence-electron chi connectivity index (χ2n) is 25.8. The lowest BCUT2D eigenvalue weighted by Gasteiger charge is -2.18. The summed E-state index contributed by atoms with van der Waals surface area (Å²) >= 11 is 0. The fraction of sp³-hybridized carbons (Fsp3) is 0.947. The van der Waals surface area contributed by atoms with Crippen LogP contribution in [0.1, 0.15) is 432 Å². The second-order valence-corrected chi connectivity index (χ2v) is 25.8. The summed E-state index contributed by atoms with van der Waals surface area (Å²) in [6.07, 6.45) is 74.2. The highest BCUT2D eigenvalue weighted by atomic mass is 16.6. The molecular weight excluding hydrogens is 1040 g/mol. The van der Waals surface area contributed by atoms with E-state index in [-0.39, 0.29) is 37.2 Å². The number of aliphatic carboxylic acids is 1. The Labute approximate surface area is 522 Å². The molecule has 0 aliphatic carbocycles. The molecule has 0 aliphatic heterocycles. The Hall–Kier alpha value is -2.16. The van der Waals surface area contributed by atoms with Crippen molar-refractivity contribution in [2.75, 3.05) is 13.2 Å². The number of unbranched alkanes of at least 4 members (excludes halogenated alkanes) is 52. The van der Waals surface area contributed by atoms with E-state index in [4.69, 9.17) is 19.3 Å². The van der Waals surface area contributed by atoms with Crippen LogP contribution < -0.4 is 0 Å². The number of hydrogen-bond donors (Lipinski definition) is 2. The number of hydrogen-bond acceptors (Lipinski definition) is 8. The lowest BCUT2D eigenvalue weighted by molar-refractivity contribution is -0.167. The molecule has 0 bridgehead atoms. The van der Waals surface area contributed by atoms with Crippen LogP contribution in [-0.4, -0.2) is 59.5 Å². The highest BCUT2D eigenvalue weighted by Gasteiger charge is 2.20. The molecule has 0 aromatic rings. The summed E-state index contributed by atoms with van der Waals surface area (Å²) in [6.45, 7) is 8.92. The van der Waals surface area contributed by atoms with Crippen molar-refractivity contribution in [3.8, 4) is 0 Å². The average Bonchev–Trinajstić information content (AvgIpc) is 3.48. The zero-order chi connectivity index (χ0) is 61.5. The Morgan fingerprint density at radius 3 is 0.690 bits per heavy atom. The summed E-state index contributed by atoms with van der Waals surface area (Å²) in [7, 11) is 0. The zero-order valence-electron chi connectivity index (χ0n) is 56.9. The first-order chi connectivity index (χ1) is 41.2. The van der Waals surface area contributed by atoms with Crippen molar-refractivity contribution >= 4 is 23.9 Å². The van der Waals surface area contributed by atoms with Crippen molar-refractivity contribution in [2.45, 2.75) is 444 Å². The maximum atomic E-state index is 12.8. The fourth-order valence-corrected chi connectivity index (χ4v) is 11.5. The summed E-state index contributed by atoms with van der Waals surface area (Å²) in [4.78, 5) is 48.4. The number of esters is 3. The number of carbonyl (C=O) groups excluding carboxylic acids is 3. The molecule has 9 heteroatoms. The predicted octanol–water partition coefficient (Wildman–Crippen LogP) is 24.1. The van der Waals surface area contributed by atoms with Gasteiger partial charge in [0.25, 0.3) is 0 Å². The van der Waals surface area contributed by atoms with Crippen LogP contribution in [0.5, 0.6) is 0 Å². The molecule has 0 fully saturated rings. The highest BCUT2D eigenvalue weighted by molar-refractivity contribution is 5.71. The smallest absolute Gasteiger partial charge is 0.306 e. The van der Waals surface area contributed by atoms with E-state index in [0.717, 1.165) is 96.3 Å². The summed E-state index contributed by atoms with van der Waals surface area (Å²) in [5, 5.41) is 18.4. The lowest BCUT2D eigenvalue weighted by atomic mass is 10.0. The molecule has 0 spiro atoms. The van der Waals surface area contributed by atoms with Crippen LogP contribution in [-0.2, 0) is 33.4 Å². The van der Waals surface area contributed by atoms with E-state index in [9.17, 15) is 24.3 Å². The van der Waals surface area contributed by atoms with Crippen LogP contribution in [0.4, 0.5) is 0 Å². The van der Waals surface area contributed by atoms with Gasteiger partial charge in [-0.15, -0.1) is 0 Å². The van der Waals surface area contributed by atoms with Gasteiger partial charge in [0.2, 0.25) is 0 Å². The van der Waals surface area contributed by atoms with Gasteiger partial charge in [-0.05, 0) is 38.5 Å². The minimum atomic E-state index is -0.760. The van der Waals surface area contributed by atoms with E-state index in [1.807, 2.05) is 0 Å².